The van der Waals surface area contributed by atoms with Gasteiger partial charge in [0, 0.05) is 12.5 Å². The molecule has 0 aliphatic heterocycles. The van der Waals surface area contributed by atoms with Gasteiger partial charge in [0.2, 0.25) is 11.8 Å². The van der Waals surface area contributed by atoms with Crippen LogP contribution >= 0.6 is 0 Å². The second-order valence-electron chi connectivity index (χ2n) is 10.8. The van der Waals surface area contributed by atoms with Crippen molar-refractivity contribution in [2.24, 2.45) is 0 Å². The van der Waals surface area contributed by atoms with Crippen molar-refractivity contribution < 1.29 is 38.9 Å². The molecule has 1 aliphatic rings. The number of ether oxygens (including phenoxy) is 2. The first kappa shape index (κ1) is 30.3. The van der Waals surface area contributed by atoms with Gasteiger partial charge in [-0.3, -0.25) is 14.4 Å². The number of hydrogen-bond acceptors (Lipinski definition) is 8. The quantitative estimate of drug-likeness (QED) is 0.326. The van der Waals surface area contributed by atoms with Crippen LogP contribution in [-0.4, -0.2) is 70.3 Å². The van der Waals surface area contributed by atoms with Crippen LogP contribution in [0, 0.1) is 6.92 Å². The highest BCUT2D eigenvalue weighted by atomic mass is 16.6. The molecule has 1 saturated carbocycles. The number of esters is 1. The van der Waals surface area contributed by atoms with Crippen molar-refractivity contribution in [3.63, 3.8) is 0 Å². The van der Waals surface area contributed by atoms with Gasteiger partial charge < -0.3 is 35.2 Å². The maximum absolute atomic E-state index is 14.2. The predicted molar refractivity (Wildman–Crippen MR) is 145 cm³/mol. The van der Waals surface area contributed by atoms with Gasteiger partial charge in [-0.05, 0) is 81.5 Å². The summed E-state index contributed by atoms with van der Waals surface area (Å²) < 4.78 is 10.0. The number of benzene rings is 2. The van der Waals surface area contributed by atoms with Crippen molar-refractivity contribution in [1.82, 2.24) is 15.5 Å². The lowest BCUT2D eigenvalue weighted by Crippen LogP contribution is -2.54. The average molecular weight is 556 g/mol. The van der Waals surface area contributed by atoms with E-state index >= 15 is 0 Å². The summed E-state index contributed by atoms with van der Waals surface area (Å²) in [6.07, 6.45) is 0.545. The number of hydrogen-bond donors (Lipinski definition) is 4. The molecule has 2 aromatic carbocycles. The SMILES string of the molecule is COC(=O)CNC(=O)C(c1ccc(O)c(C)c1)N(C(=O)C(Cc1ccc(O)cc1)NC(=O)OC(C)(C)C)C1CC1. The molecular weight excluding hydrogens is 518 g/mol. The van der Waals surface area contributed by atoms with E-state index in [1.165, 1.54) is 30.2 Å². The molecular formula is C29H37N3O8. The normalized spacial score (nSPS) is 14.4. The van der Waals surface area contributed by atoms with Crippen LogP contribution in [0.5, 0.6) is 11.5 Å². The highest BCUT2D eigenvalue weighted by Gasteiger charge is 2.44. The molecule has 2 atom stereocenters. The number of aromatic hydroxyl groups is 2. The monoisotopic (exact) mass is 555 g/mol. The molecule has 40 heavy (non-hydrogen) atoms. The summed E-state index contributed by atoms with van der Waals surface area (Å²) in [5, 5.41) is 25.0. The number of nitrogens with one attached hydrogen (secondary N) is 2. The fourth-order valence-corrected chi connectivity index (χ4v) is 4.18. The van der Waals surface area contributed by atoms with Crippen LogP contribution in [0.3, 0.4) is 0 Å². The Morgan fingerprint density at radius 3 is 2.25 bits per heavy atom. The van der Waals surface area contributed by atoms with E-state index in [1.807, 2.05) is 0 Å². The Labute approximate surface area is 233 Å². The summed E-state index contributed by atoms with van der Waals surface area (Å²) in [4.78, 5) is 53.8. The smallest absolute Gasteiger partial charge is 0.408 e. The predicted octanol–water partition coefficient (Wildman–Crippen LogP) is 2.86. The highest BCUT2D eigenvalue weighted by Crippen LogP contribution is 2.37. The van der Waals surface area contributed by atoms with Crippen molar-refractivity contribution in [2.75, 3.05) is 13.7 Å². The molecule has 0 heterocycles. The number of carbonyl (C=O) groups is 4. The fourth-order valence-electron chi connectivity index (χ4n) is 4.18. The molecule has 0 radical (unpaired) electrons. The Morgan fingerprint density at radius 1 is 1.05 bits per heavy atom. The van der Waals surface area contributed by atoms with Gasteiger partial charge in [0.15, 0.2) is 0 Å². The van der Waals surface area contributed by atoms with Crippen LogP contribution in [0.15, 0.2) is 42.5 Å². The second-order valence-corrected chi connectivity index (χ2v) is 10.8. The number of nitrogens with zero attached hydrogens (tertiary/aromatic N) is 1. The molecule has 1 aliphatic carbocycles. The fraction of sp³-hybridized carbons (Fsp3) is 0.448. The maximum Gasteiger partial charge on any atom is 0.408 e. The van der Waals surface area contributed by atoms with Crippen molar-refractivity contribution in [3.05, 3.63) is 59.2 Å². The van der Waals surface area contributed by atoms with E-state index in [-0.39, 0.29) is 24.0 Å². The molecule has 2 unspecified atom stereocenters. The van der Waals surface area contributed by atoms with E-state index < -0.39 is 48.1 Å². The summed E-state index contributed by atoms with van der Waals surface area (Å²) in [5.41, 5.74) is 0.777. The van der Waals surface area contributed by atoms with Gasteiger partial charge in [0.1, 0.15) is 35.7 Å². The standard InChI is InChI=1S/C29H37N3O8/c1-17-14-19(8-13-23(17)34)25(26(36)30-16-24(35)39-5)32(20-9-10-20)27(37)22(31-28(38)40-29(2,3)4)15-18-6-11-21(33)12-7-18/h6-8,11-14,20,22,25,33-34H,9-10,15-16H2,1-5H3,(H,30,36)(H,31,38). The molecule has 3 rings (SSSR count). The Kier molecular flexibility index (Phi) is 9.62. The molecule has 0 aromatic heterocycles. The van der Waals surface area contributed by atoms with E-state index in [0.29, 0.717) is 29.5 Å². The zero-order chi connectivity index (χ0) is 29.6. The number of phenols is 2. The number of aryl methyl sites for hydroxylation is 1. The maximum atomic E-state index is 14.2. The van der Waals surface area contributed by atoms with E-state index in [9.17, 15) is 29.4 Å². The Balaban J connectivity index is 2.02. The Hall–Kier alpha value is -4.28. The third kappa shape index (κ3) is 8.36. The zero-order valence-corrected chi connectivity index (χ0v) is 23.4. The summed E-state index contributed by atoms with van der Waals surface area (Å²) in [6, 6.07) is 8.25. The van der Waals surface area contributed by atoms with Gasteiger partial charge in [0.25, 0.3) is 0 Å². The highest BCUT2D eigenvalue weighted by molar-refractivity contribution is 5.93. The minimum atomic E-state index is -1.16. The molecule has 3 amide bonds. The topological polar surface area (TPSA) is 154 Å². The summed E-state index contributed by atoms with van der Waals surface area (Å²) in [6.45, 7) is 6.38. The number of rotatable bonds is 10. The molecule has 11 nitrogen and oxygen atoms in total. The van der Waals surface area contributed by atoms with Gasteiger partial charge in [0.05, 0.1) is 7.11 Å². The second kappa shape index (κ2) is 12.7. The summed E-state index contributed by atoms with van der Waals surface area (Å²) in [5.74, 6) is -1.72. The Morgan fingerprint density at radius 2 is 1.70 bits per heavy atom. The molecule has 216 valence electrons. The van der Waals surface area contributed by atoms with Crippen LogP contribution in [0.1, 0.15) is 56.3 Å². The molecule has 2 aromatic rings. The van der Waals surface area contributed by atoms with Gasteiger partial charge in [-0.2, -0.15) is 0 Å². The van der Waals surface area contributed by atoms with Crippen LogP contribution in [0.25, 0.3) is 0 Å². The van der Waals surface area contributed by atoms with Crippen LogP contribution in [0.2, 0.25) is 0 Å². The molecule has 0 spiro atoms. The van der Waals surface area contributed by atoms with Crippen LogP contribution in [0.4, 0.5) is 4.79 Å². The minimum Gasteiger partial charge on any atom is -0.508 e. The molecule has 4 N–H and O–H groups in total. The number of carbonyl (C=O) groups excluding carboxylic acids is 4. The average Bonchev–Trinajstić information content (AvgIpc) is 3.72. The first-order chi connectivity index (χ1) is 18.8. The first-order valence-corrected chi connectivity index (χ1v) is 13.0. The van der Waals surface area contributed by atoms with Crippen LogP contribution in [-0.2, 0) is 30.3 Å². The third-order valence-electron chi connectivity index (χ3n) is 6.26. The third-order valence-corrected chi connectivity index (χ3v) is 6.26. The van der Waals surface area contributed by atoms with E-state index in [2.05, 4.69) is 15.4 Å². The molecule has 11 heteroatoms. The minimum absolute atomic E-state index is 0.0265. The van der Waals surface area contributed by atoms with Gasteiger partial charge in [-0.1, -0.05) is 18.2 Å². The zero-order valence-electron chi connectivity index (χ0n) is 23.4. The van der Waals surface area contributed by atoms with Gasteiger partial charge >= 0.3 is 12.1 Å². The first-order valence-electron chi connectivity index (χ1n) is 13.0. The number of alkyl carbamates (subject to hydrolysis) is 1. The lowest BCUT2D eigenvalue weighted by molar-refractivity contribution is -0.145. The lowest BCUT2D eigenvalue weighted by Gasteiger charge is -2.35. The van der Waals surface area contributed by atoms with Crippen molar-refractivity contribution in [2.45, 2.75) is 70.7 Å². The van der Waals surface area contributed by atoms with Gasteiger partial charge in [-0.25, -0.2) is 4.79 Å². The summed E-state index contributed by atoms with van der Waals surface area (Å²) in [7, 11) is 1.20. The largest absolute Gasteiger partial charge is 0.508 e. The van der Waals surface area contributed by atoms with Crippen LogP contribution < -0.4 is 10.6 Å². The molecule has 0 saturated heterocycles. The van der Waals surface area contributed by atoms with E-state index in [0.717, 1.165) is 0 Å². The summed E-state index contributed by atoms with van der Waals surface area (Å²) >= 11 is 0. The Bertz CT molecular complexity index is 1230. The van der Waals surface area contributed by atoms with Crippen molar-refractivity contribution >= 4 is 23.9 Å². The van der Waals surface area contributed by atoms with E-state index in [4.69, 9.17) is 4.74 Å². The van der Waals surface area contributed by atoms with Crippen molar-refractivity contribution in [3.8, 4) is 11.5 Å². The molecule has 1 fully saturated rings. The van der Waals surface area contributed by atoms with Crippen molar-refractivity contribution in [1.29, 1.82) is 0 Å². The number of methoxy groups -OCH3 is 1. The van der Waals surface area contributed by atoms with E-state index in [1.54, 1.807) is 52.0 Å². The lowest BCUT2D eigenvalue weighted by atomic mass is 9.98. The van der Waals surface area contributed by atoms with Gasteiger partial charge in [-0.15, -0.1) is 0 Å². The number of phenolic OH excluding ortho intramolecular Hbond substituents is 2. The molecule has 0 bridgehead atoms. The number of amides is 3.